The van der Waals surface area contributed by atoms with Crippen molar-refractivity contribution in [1.82, 2.24) is 0 Å². The maximum absolute atomic E-state index is 11.6. The number of sulfonamides is 1. The minimum absolute atomic E-state index is 0.364. The summed E-state index contributed by atoms with van der Waals surface area (Å²) in [6.07, 6.45) is 0.385. The van der Waals surface area contributed by atoms with Crippen molar-refractivity contribution in [3.05, 3.63) is 72.3 Å². The van der Waals surface area contributed by atoms with Crippen LogP contribution in [0.4, 0.5) is 5.69 Å². The van der Waals surface area contributed by atoms with Gasteiger partial charge in [0.05, 0.1) is 10.6 Å². The molecule has 5 rings (SSSR count). The third-order valence-corrected chi connectivity index (χ3v) is 5.46. The van der Waals surface area contributed by atoms with Gasteiger partial charge in [0.1, 0.15) is 6.04 Å². The summed E-state index contributed by atoms with van der Waals surface area (Å²) < 4.78 is 25.7. The van der Waals surface area contributed by atoms with E-state index in [-0.39, 0.29) is 0 Å². The molecule has 0 aliphatic carbocycles. The summed E-state index contributed by atoms with van der Waals surface area (Å²) in [5.41, 5.74) is 6.96. The van der Waals surface area contributed by atoms with Crippen molar-refractivity contribution in [2.75, 3.05) is 4.72 Å². The molecule has 0 unspecified atom stereocenters. The van der Waals surface area contributed by atoms with Crippen LogP contribution in [0.15, 0.2) is 71.6 Å². The molecule has 0 aromatic heterocycles. The molecule has 0 amide bonds. The normalized spacial score (nSPS) is 14.8. The van der Waals surface area contributed by atoms with E-state index < -0.39 is 22.0 Å². The molecule has 2 bridgehead atoms. The Morgan fingerprint density at radius 1 is 0.962 bits per heavy atom. The maximum atomic E-state index is 11.6. The number of rotatable bonds is 3. The molecule has 2 aliphatic rings. The first-order chi connectivity index (χ1) is 12.4. The number of aliphatic carboxylic acids is 1. The lowest BCUT2D eigenvalue weighted by molar-refractivity contribution is -0.138. The summed E-state index contributed by atoms with van der Waals surface area (Å²) in [6.45, 7) is 0. The van der Waals surface area contributed by atoms with Crippen LogP contribution in [0.2, 0.25) is 0 Å². The monoisotopic (exact) mass is 370 g/mol. The Hall–Kier alpha value is -2.90. The van der Waals surface area contributed by atoms with Crippen LogP contribution in [0.3, 0.4) is 0 Å². The number of carboxylic acid groups (broad SMARTS) is 1. The van der Waals surface area contributed by atoms with E-state index in [0.717, 1.165) is 16.3 Å². The molecule has 134 valence electrons. The molecular weight excluding hydrogens is 352 g/mol. The van der Waals surface area contributed by atoms with Gasteiger partial charge < -0.3 is 10.8 Å². The Morgan fingerprint density at radius 3 is 2.19 bits per heavy atom. The molecule has 0 saturated carbocycles. The number of benzene rings is 3. The van der Waals surface area contributed by atoms with Gasteiger partial charge in [-0.15, -0.1) is 0 Å². The smallest absolute Gasteiger partial charge is 0.320 e. The van der Waals surface area contributed by atoms with Crippen molar-refractivity contribution in [3.63, 3.8) is 0 Å². The SMILES string of the molecule is N[C@H](Cc1ccccc1)C(=O)O.O=S1(=O)Nc2ccc1c1ccccc21. The molecule has 26 heavy (non-hydrogen) atoms. The Bertz CT molecular complexity index is 1050. The molecule has 0 radical (unpaired) electrons. The van der Waals surface area contributed by atoms with Gasteiger partial charge in [0.25, 0.3) is 10.0 Å². The summed E-state index contributed by atoms with van der Waals surface area (Å²) in [5.74, 6) is -0.959. The quantitative estimate of drug-likeness (QED) is 0.656. The van der Waals surface area contributed by atoms with Crippen molar-refractivity contribution in [2.24, 2.45) is 5.73 Å². The van der Waals surface area contributed by atoms with E-state index in [1.807, 2.05) is 54.6 Å². The molecule has 3 aromatic carbocycles. The Balaban J connectivity index is 0.000000153. The zero-order chi connectivity index (χ0) is 18.7. The van der Waals surface area contributed by atoms with Gasteiger partial charge in [-0.1, -0.05) is 54.6 Å². The lowest BCUT2D eigenvalue weighted by Gasteiger charge is -2.19. The van der Waals surface area contributed by atoms with Crippen LogP contribution < -0.4 is 10.5 Å². The number of carboxylic acids is 1. The highest BCUT2D eigenvalue weighted by Crippen LogP contribution is 2.35. The number of carbonyl (C=O) groups is 1. The highest BCUT2D eigenvalue weighted by atomic mass is 32.2. The first-order valence-electron chi connectivity index (χ1n) is 7.95. The van der Waals surface area contributed by atoms with Crippen molar-refractivity contribution in [1.29, 1.82) is 0 Å². The minimum Gasteiger partial charge on any atom is -0.480 e. The number of fused-ring (bicyclic) bond motifs is 2. The molecule has 2 heterocycles. The zero-order valence-corrected chi connectivity index (χ0v) is 14.6. The second kappa shape index (κ2) is 7.15. The average molecular weight is 370 g/mol. The summed E-state index contributed by atoms with van der Waals surface area (Å²) in [4.78, 5) is 10.7. The fraction of sp³-hybridized carbons (Fsp3) is 0.105. The summed E-state index contributed by atoms with van der Waals surface area (Å²) in [7, 11) is -3.29. The lowest BCUT2D eigenvalue weighted by atomic mass is 10.1. The number of anilines is 1. The second-order valence-electron chi connectivity index (χ2n) is 5.90. The standard InChI is InChI=1S/C10H7NO2S.C9H11NO2/c12-14(13)10-6-5-9(11-14)7-3-1-2-4-8(7)10;10-8(9(11)12)6-7-4-2-1-3-5-7/h1-6,11H;1-5,8H,6,10H2,(H,11,12)/t;8-/m.1/s1. The number of nitrogens with one attached hydrogen (secondary N) is 1. The highest BCUT2D eigenvalue weighted by molar-refractivity contribution is 7.93. The van der Waals surface area contributed by atoms with Gasteiger partial charge in [-0.2, -0.15) is 0 Å². The number of nitrogens with two attached hydrogens (primary N) is 1. The van der Waals surface area contributed by atoms with Crippen LogP contribution in [0.25, 0.3) is 10.8 Å². The van der Waals surface area contributed by atoms with Gasteiger partial charge in [-0.3, -0.25) is 9.52 Å². The molecule has 0 fully saturated rings. The fourth-order valence-electron chi connectivity index (χ4n) is 2.75. The molecule has 3 aromatic rings. The van der Waals surface area contributed by atoms with Crippen LogP contribution in [-0.2, 0) is 21.2 Å². The molecule has 2 aliphatic heterocycles. The number of hydrogen-bond donors (Lipinski definition) is 3. The van der Waals surface area contributed by atoms with Crippen LogP contribution in [-0.4, -0.2) is 25.5 Å². The van der Waals surface area contributed by atoms with E-state index in [2.05, 4.69) is 4.72 Å². The van der Waals surface area contributed by atoms with Gasteiger partial charge >= 0.3 is 5.97 Å². The van der Waals surface area contributed by atoms with Gasteiger partial charge in [-0.05, 0) is 24.1 Å². The van der Waals surface area contributed by atoms with Crippen molar-refractivity contribution < 1.29 is 18.3 Å². The van der Waals surface area contributed by atoms with Crippen molar-refractivity contribution in [2.45, 2.75) is 17.4 Å². The molecule has 6 nitrogen and oxygen atoms in total. The molecule has 4 N–H and O–H groups in total. The first kappa shape index (κ1) is 17.9. The molecule has 0 saturated heterocycles. The van der Waals surface area contributed by atoms with Crippen molar-refractivity contribution >= 4 is 32.5 Å². The van der Waals surface area contributed by atoms with E-state index >= 15 is 0 Å². The Kier molecular flexibility index (Phi) is 4.92. The predicted molar refractivity (Wildman–Crippen MR) is 101 cm³/mol. The van der Waals surface area contributed by atoms with Crippen LogP contribution in [0, 0.1) is 0 Å². The molecule has 1 atom stereocenters. The number of hydrogen-bond acceptors (Lipinski definition) is 4. The van der Waals surface area contributed by atoms with Gasteiger partial charge in [0.15, 0.2) is 0 Å². The summed E-state index contributed by atoms with van der Waals surface area (Å²) in [5, 5.41) is 10.3. The van der Waals surface area contributed by atoms with Crippen LogP contribution >= 0.6 is 0 Å². The fourth-order valence-corrected chi connectivity index (χ4v) is 4.04. The molecule has 0 spiro atoms. The van der Waals surface area contributed by atoms with Crippen LogP contribution in [0.1, 0.15) is 5.56 Å². The molecule has 7 heteroatoms. The largest absolute Gasteiger partial charge is 0.480 e. The Morgan fingerprint density at radius 2 is 1.58 bits per heavy atom. The third-order valence-electron chi connectivity index (χ3n) is 4.03. The highest BCUT2D eigenvalue weighted by Gasteiger charge is 2.24. The Labute approximate surface area is 151 Å². The van der Waals surface area contributed by atoms with E-state index in [9.17, 15) is 13.2 Å². The summed E-state index contributed by atoms with van der Waals surface area (Å²) >= 11 is 0. The second-order valence-corrected chi connectivity index (χ2v) is 7.55. The van der Waals surface area contributed by atoms with E-state index in [4.69, 9.17) is 10.8 Å². The zero-order valence-electron chi connectivity index (χ0n) is 13.8. The van der Waals surface area contributed by atoms with Crippen LogP contribution in [0.5, 0.6) is 0 Å². The first-order valence-corrected chi connectivity index (χ1v) is 9.44. The topological polar surface area (TPSA) is 109 Å². The predicted octanol–water partition coefficient (Wildman–Crippen LogP) is 2.60. The lowest BCUT2D eigenvalue weighted by Crippen LogP contribution is -2.32. The molecular formula is C19H18N2O4S. The summed E-state index contributed by atoms with van der Waals surface area (Å²) in [6, 6.07) is 19.5. The van der Waals surface area contributed by atoms with Gasteiger partial charge in [0.2, 0.25) is 0 Å². The van der Waals surface area contributed by atoms with Gasteiger partial charge in [0, 0.05) is 10.8 Å². The minimum atomic E-state index is -3.29. The third kappa shape index (κ3) is 3.68. The van der Waals surface area contributed by atoms with E-state index in [0.29, 0.717) is 17.0 Å². The average Bonchev–Trinajstić information content (AvgIpc) is 2.63. The van der Waals surface area contributed by atoms with E-state index in [1.165, 1.54) is 0 Å². The van der Waals surface area contributed by atoms with E-state index in [1.54, 1.807) is 12.1 Å². The van der Waals surface area contributed by atoms with Gasteiger partial charge in [-0.25, -0.2) is 8.42 Å². The van der Waals surface area contributed by atoms with Crippen molar-refractivity contribution in [3.8, 4) is 0 Å². The maximum Gasteiger partial charge on any atom is 0.320 e.